The van der Waals surface area contributed by atoms with Crippen LogP contribution in [0.5, 0.6) is 0 Å². The summed E-state index contributed by atoms with van der Waals surface area (Å²) in [5.74, 6) is 0.471. The third-order valence-electron chi connectivity index (χ3n) is 5.33. The van der Waals surface area contributed by atoms with E-state index in [9.17, 15) is 4.79 Å². The maximum atomic E-state index is 12.7. The van der Waals surface area contributed by atoms with Gasteiger partial charge in [-0.1, -0.05) is 24.3 Å². The summed E-state index contributed by atoms with van der Waals surface area (Å²) >= 11 is 0. The molecule has 2 aliphatic heterocycles. The Morgan fingerprint density at radius 1 is 1.14 bits per heavy atom. The van der Waals surface area contributed by atoms with Crippen molar-refractivity contribution in [2.75, 3.05) is 39.3 Å². The summed E-state index contributed by atoms with van der Waals surface area (Å²) in [6.45, 7) is 6.12. The standard InChI is InChI=1S/C17H23N3O.ClH/c21-17(16-11-13-3-1-2-4-15(13)16)20-9-7-19(8-10-20)14-5-6-18-12-14;/h1-4,14,16,18H,5-12H2;1H. The Hall–Kier alpha value is -1.10. The van der Waals surface area contributed by atoms with Crippen LogP contribution in [0.2, 0.25) is 0 Å². The number of carbonyl (C=O) groups is 1. The van der Waals surface area contributed by atoms with Gasteiger partial charge < -0.3 is 10.2 Å². The Labute approximate surface area is 138 Å². The third kappa shape index (κ3) is 2.75. The van der Waals surface area contributed by atoms with Gasteiger partial charge in [0.25, 0.3) is 0 Å². The van der Waals surface area contributed by atoms with Crippen LogP contribution in [0.15, 0.2) is 24.3 Å². The summed E-state index contributed by atoms with van der Waals surface area (Å²) in [7, 11) is 0. The van der Waals surface area contributed by atoms with Gasteiger partial charge in [0.1, 0.15) is 0 Å². The number of piperazine rings is 1. The summed E-state index contributed by atoms with van der Waals surface area (Å²) in [5, 5.41) is 3.43. The predicted molar refractivity (Wildman–Crippen MR) is 89.6 cm³/mol. The van der Waals surface area contributed by atoms with E-state index in [1.807, 2.05) is 6.07 Å². The van der Waals surface area contributed by atoms with Gasteiger partial charge in [0.05, 0.1) is 5.92 Å². The first kappa shape index (κ1) is 15.8. The number of hydrogen-bond donors (Lipinski definition) is 1. The smallest absolute Gasteiger partial charge is 0.230 e. The molecule has 1 amide bonds. The van der Waals surface area contributed by atoms with E-state index in [-0.39, 0.29) is 18.3 Å². The van der Waals surface area contributed by atoms with Crippen LogP contribution in [0.3, 0.4) is 0 Å². The SMILES string of the molecule is Cl.O=C(C1Cc2ccccc21)N1CCN(C2CCNC2)CC1. The maximum Gasteiger partial charge on any atom is 0.230 e. The van der Waals surface area contributed by atoms with Crippen LogP contribution in [0, 0.1) is 0 Å². The van der Waals surface area contributed by atoms with Crippen molar-refractivity contribution < 1.29 is 4.79 Å². The molecule has 5 heteroatoms. The van der Waals surface area contributed by atoms with Gasteiger partial charge >= 0.3 is 0 Å². The minimum atomic E-state index is 0. The van der Waals surface area contributed by atoms with Crippen LogP contribution in [0.4, 0.5) is 0 Å². The van der Waals surface area contributed by atoms with E-state index in [0.717, 1.165) is 45.7 Å². The van der Waals surface area contributed by atoms with Crippen molar-refractivity contribution in [3.05, 3.63) is 35.4 Å². The molecule has 4 rings (SSSR count). The number of carbonyl (C=O) groups excluding carboxylic acids is 1. The molecule has 2 fully saturated rings. The molecule has 1 aromatic rings. The molecule has 0 bridgehead atoms. The Kier molecular flexibility index (Phi) is 4.71. The van der Waals surface area contributed by atoms with Crippen molar-refractivity contribution in [3.63, 3.8) is 0 Å². The number of amides is 1. The van der Waals surface area contributed by atoms with Gasteiger partial charge in [-0.15, -0.1) is 12.4 Å². The highest BCUT2D eigenvalue weighted by molar-refractivity contribution is 5.87. The summed E-state index contributed by atoms with van der Waals surface area (Å²) in [6, 6.07) is 9.05. The van der Waals surface area contributed by atoms with Gasteiger partial charge in [0, 0.05) is 38.8 Å². The van der Waals surface area contributed by atoms with Crippen LogP contribution < -0.4 is 5.32 Å². The molecule has 120 valence electrons. The van der Waals surface area contributed by atoms with Gasteiger partial charge in [0.15, 0.2) is 0 Å². The molecule has 1 aliphatic carbocycles. The first-order chi connectivity index (χ1) is 10.3. The lowest BCUT2D eigenvalue weighted by atomic mass is 9.77. The topological polar surface area (TPSA) is 35.6 Å². The number of nitrogens with one attached hydrogen (secondary N) is 1. The molecule has 1 aromatic carbocycles. The monoisotopic (exact) mass is 321 g/mol. The molecule has 22 heavy (non-hydrogen) atoms. The van der Waals surface area contributed by atoms with Gasteiger partial charge in [-0.25, -0.2) is 0 Å². The molecule has 2 unspecified atom stereocenters. The lowest BCUT2D eigenvalue weighted by Gasteiger charge is -2.40. The minimum absolute atomic E-state index is 0. The van der Waals surface area contributed by atoms with Crippen molar-refractivity contribution in [1.29, 1.82) is 0 Å². The second-order valence-electron chi connectivity index (χ2n) is 6.46. The van der Waals surface area contributed by atoms with Crippen LogP contribution in [0.25, 0.3) is 0 Å². The Balaban J connectivity index is 0.00000144. The molecule has 1 N–H and O–H groups in total. The molecule has 2 heterocycles. The minimum Gasteiger partial charge on any atom is -0.340 e. The number of fused-ring (bicyclic) bond motifs is 1. The van der Waals surface area contributed by atoms with Crippen LogP contribution >= 0.6 is 12.4 Å². The Bertz CT molecular complexity index is 536. The maximum absolute atomic E-state index is 12.7. The molecule has 4 nitrogen and oxygen atoms in total. The first-order valence-corrected chi connectivity index (χ1v) is 8.14. The van der Waals surface area contributed by atoms with Crippen molar-refractivity contribution in [2.24, 2.45) is 0 Å². The van der Waals surface area contributed by atoms with Gasteiger partial charge in [-0.2, -0.15) is 0 Å². The molecular formula is C17H24ClN3O. The van der Waals surface area contributed by atoms with Crippen LogP contribution in [0.1, 0.15) is 23.5 Å². The zero-order chi connectivity index (χ0) is 14.2. The summed E-state index contributed by atoms with van der Waals surface area (Å²) in [6.07, 6.45) is 2.19. The van der Waals surface area contributed by atoms with E-state index < -0.39 is 0 Å². The van der Waals surface area contributed by atoms with Gasteiger partial charge in [-0.3, -0.25) is 9.69 Å². The molecule has 3 aliphatic rings. The Morgan fingerprint density at radius 3 is 2.59 bits per heavy atom. The van der Waals surface area contributed by atoms with E-state index in [1.165, 1.54) is 17.5 Å². The highest BCUT2D eigenvalue weighted by Crippen LogP contribution is 2.36. The molecule has 0 saturated carbocycles. The fraction of sp³-hybridized carbons (Fsp3) is 0.588. The fourth-order valence-corrected chi connectivity index (χ4v) is 3.96. The van der Waals surface area contributed by atoms with E-state index in [0.29, 0.717) is 11.9 Å². The van der Waals surface area contributed by atoms with Crippen LogP contribution in [-0.2, 0) is 11.2 Å². The molecular weight excluding hydrogens is 298 g/mol. The van der Waals surface area contributed by atoms with E-state index >= 15 is 0 Å². The molecule has 2 saturated heterocycles. The van der Waals surface area contributed by atoms with Crippen molar-refractivity contribution in [1.82, 2.24) is 15.1 Å². The van der Waals surface area contributed by atoms with Crippen molar-refractivity contribution in [2.45, 2.75) is 24.8 Å². The van der Waals surface area contributed by atoms with Gasteiger partial charge in [-0.05, 0) is 30.5 Å². The summed E-state index contributed by atoms with van der Waals surface area (Å²) in [5.41, 5.74) is 2.61. The highest BCUT2D eigenvalue weighted by Gasteiger charge is 2.36. The highest BCUT2D eigenvalue weighted by atomic mass is 35.5. The first-order valence-electron chi connectivity index (χ1n) is 8.14. The van der Waals surface area contributed by atoms with E-state index in [1.54, 1.807) is 0 Å². The van der Waals surface area contributed by atoms with E-state index in [2.05, 4.69) is 33.3 Å². The number of rotatable bonds is 2. The lowest BCUT2D eigenvalue weighted by molar-refractivity contribution is -0.135. The largest absolute Gasteiger partial charge is 0.340 e. The normalized spacial score (nSPS) is 27.7. The number of halogens is 1. The second-order valence-corrected chi connectivity index (χ2v) is 6.46. The average molecular weight is 322 g/mol. The van der Waals surface area contributed by atoms with Gasteiger partial charge in [0.2, 0.25) is 5.91 Å². The van der Waals surface area contributed by atoms with Crippen molar-refractivity contribution >= 4 is 18.3 Å². The quantitative estimate of drug-likeness (QED) is 0.890. The van der Waals surface area contributed by atoms with Crippen LogP contribution in [-0.4, -0.2) is 61.0 Å². The molecule has 0 radical (unpaired) electrons. The zero-order valence-electron chi connectivity index (χ0n) is 12.8. The number of benzene rings is 1. The number of nitrogens with zero attached hydrogens (tertiary/aromatic N) is 2. The van der Waals surface area contributed by atoms with E-state index in [4.69, 9.17) is 0 Å². The molecule has 2 atom stereocenters. The summed E-state index contributed by atoms with van der Waals surface area (Å²) < 4.78 is 0. The fourth-order valence-electron chi connectivity index (χ4n) is 3.96. The zero-order valence-corrected chi connectivity index (χ0v) is 13.6. The van der Waals surface area contributed by atoms with Crippen molar-refractivity contribution in [3.8, 4) is 0 Å². The second kappa shape index (κ2) is 6.57. The predicted octanol–water partition coefficient (Wildman–Crippen LogP) is 1.25. The molecule has 0 aromatic heterocycles. The number of hydrogen-bond acceptors (Lipinski definition) is 3. The molecule has 0 spiro atoms. The summed E-state index contributed by atoms with van der Waals surface area (Å²) in [4.78, 5) is 17.3. The third-order valence-corrected chi connectivity index (χ3v) is 5.33. The Morgan fingerprint density at radius 2 is 1.91 bits per heavy atom. The lowest BCUT2D eigenvalue weighted by Crippen LogP contribution is -2.54. The average Bonchev–Trinajstić information content (AvgIpc) is 3.03.